The molecule has 1 aliphatic heterocycles. The fourth-order valence-corrected chi connectivity index (χ4v) is 3.09. The minimum atomic E-state index is -0.389. The topological polar surface area (TPSA) is 60.9 Å². The summed E-state index contributed by atoms with van der Waals surface area (Å²) < 4.78 is 0. The molecule has 21 heavy (non-hydrogen) atoms. The summed E-state index contributed by atoms with van der Waals surface area (Å²) in [6.45, 7) is 3.74. The van der Waals surface area contributed by atoms with E-state index in [1.807, 2.05) is 11.8 Å². The molecule has 2 rings (SSSR count). The van der Waals surface area contributed by atoms with E-state index in [9.17, 15) is 14.7 Å². The molecular weight excluding hydrogens is 268 g/mol. The fourth-order valence-electron chi connectivity index (χ4n) is 3.09. The molecule has 0 aromatic carbocycles. The average molecular weight is 296 g/mol. The quantitative estimate of drug-likeness (QED) is 0.802. The van der Waals surface area contributed by atoms with Gasteiger partial charge < -0.3 is 14.9 Å². The number of nitrogens with zero attached hydrogens (tertiary/aromatic N) is 2. The number of carbonyl (C=O) groups is 2. The predicted molar refractivity (Wildman–Crippen MR) is 80.6 cm³/mol. The second-order valence-electron chi connectivity index (χ2n) is 6.55. The van der Waals surface area contributed by atoms with E-state index in [2.05, 4.69) is 0 Å². The maximum atomic E-state index is 12.5. The summed E-state index contributed by atoms with van der Waals surface area (Å²) in [6, 6.07) is 0. The first-order valence-corrected chi connectivity index (χ1v) is 8.23. The molecule has 0 spiro atoms. The lowest BCUT2D eigenvalue weighted by molar-refractivity contribution is -0.141. The molecule has 2 amide bonds. The molecule has 1 saturated heterocycles. The zero-order chi connectivity index (χ0) is 15.4. The van der Waals surface area contributed by atoms with Gasteiger partial charge in [-0.25, -0.2) is 0 Å². The van der Waals surface area contributed by atoms with Crippen LogP contribution in [0.15, 0.2) is 0 Å². The Labute approximate surface area is 127 Å². The van der Waals surface area contributed by atoms with Crippen LogP contribution in [0.2, 0.25) is 0 Å². The van der Waals surface area contributed by atoms with E-state index >= 15 is 0 Å². The van der Waals surface area contributed by atoms with Crippen LogP contribution in [0.4, 0.5) is 0 Å². The smallest absolute Gasteiger partial charge is 0.227 e. The van der Waals surface area contributed by atoms with Crippen LogP contribution in [0.1, 0.15) is 45.4 Å². The van der Waals surface area contributed by atoms with Crippen molar-refractivity contribution in [3.8, 4) is 0 Å². The number of aliphatic hydroxyl groups excluding tert-OH is 1. The summed E-state index contributed by atoms with van der Waals surface area (Å²) in [5.41, 5.74) is 0. The number of piperidine rings is 1. The lowest BCUT2D eigenvalue weighted by Gasteiger charge is -2.34. The molecule has 1 saturated carbocycles. The van der Waals surface area contributed by atoms with Gasteiger partial charge in [-0.05, 0) is 38.0 Å². The molecule has 0 aromatic rings. The molecule has 2 unspecified atom stereocenters. The van der Waals surface area contributed by atoms with E-state index in [1.165, 1.54) is 0 Å². The van der Waals surface area contributed by atoms with Crippen molar-refractivity contribution in [1.82, 2.24) is 9.80 Å². The van der Waals surface area contributed by atoms with Crippen molar-refractivity contribution in [3.05, 3.63) is 0 Å². The number of hydrogen-bond acceptors (Lipinski definition) is 3. The summed E-state index contributed by atoms with van der Waals surface area (Å²) in [5.74, 6) is 0.518. The number of hydrogen-bond donors (Lipinski definition) is 1. The van der Waals surface area contributed by atoms with Crippen LogP contribution in [0, 0.1) is 11.8 Å². The zero-order valence-electron chi connectivity index (χ0n) is 13.3. The van der Waals surface area contributed by atoms with E-state index in [0.717, 1.165) is 38.6 Å². The number of amides is 2. The second kappa shape index (κ2) is 7.25. The number of likely N-dealkylation sites (tertiary alicyclic amines) is 1. The molecule has 0 bridgehead atoms. The van der Waals surface area contributed by atoms with Crippen molar-refractivity contribution in [3.63, 3.8) is 0 Å². The van der Waals surface area contributed by atoms with Crippen LogP contribution in [0.5, 0.6) is 0 Å². The molecular formula is C16H28N2O3. The van der Waals surface area contributed by atoms with Crippen molar-refractivity contribution in [2.75, 3.05) is 26.7 Å². The molecule has 0 aromatic heterocycles. The first kappa shape index (κ1) is 16.3. The third-order valence-electron chi connectivity index (χ3n) is 4.59. The third-order valence-corrected chi connectivity index (χ3v) is 4.59. The van der Waals surface area contributed by atoms with Gasteiger partial charge in [-0.15, -0.1) is 0 Å². The van der Waals surface area contributed by atoms with Crippen molar-refractivity contribution in [1.29, 1.82) is 0 Å². The molecule has 0 radical (unpaired) electrons. The maximum absolute atomic E-state index is 12.5. The molecule has 5 nitrogen and oxygen atoms in total. The Morgan fingerprint density at radius 2 is 2.05 bits per heavy atom. The molecule has 5 heteroatoms. The van der Waals surface area contributed by atoms with Crippen LogP contribution in [0.25, 0.3) is 0 Å². The van der Waals surface area contributed by atoms with Gasteiger partial charge in [0.2, 0.25) is 11.8 Å². The SMILES string of the molecule is CCCC(=O)N1CCCC(C(=O)N(C)CC(O)C2CC2)C1. The van der Waals surface area contributed by atoms with Gasteiger partial charge in [0.25, 0.3) is 0 Å². The average Bonchev–Trinajstić information content (AvgIpc) is 3.31. The second-order valence-corrected chi connectivity index (χ2v) is 6.55. The van der Waals surface area contributed by atoms with Crippen LogP contribution in [-0.4, -0.2) is 59.5 Å². The van der Waals surface area contributed by atoms with Gasteiger partial charge in [0.1, 0.15) is 0 Å². The largest absolute Gasteiger partial charge is 0.391 e. The van der Waals surface area contributed by atoms with E-state index in [4.69, 9.17) is 0 Å². The van der Waals surface area contributed by atoms with Gasteiger partial charge in [-0.2, -0.15) is 0 Å². The minimum Gasteiger partial charge on any atom is -0.391 e. The summed E-state index contributed by atoms with van der Waals surface area (Å²) >= 11 is 0. The van der Waals surface area contributed by atoms with Crippen molar-refractivity contribution in [2.24, 2.45) is 11.8 Å². The lowest BCUT2D eigenvalue weighted by Crippen LogP contribution is -2.47. The van der Waals surface area contributed by atoms with Crippen molar-refractivity contribution in [2.45, 2.75) is 51.6 Å². The van der Waals surface area contributed by atoms with Gasteiger partial charge in [-0.1, -0.05) is 6.92 Å². The monoisotopic (exact) mass is 296 g/mol. The van der Waals surface area contributed by atoms with Crippen molar-refractivity contribution >= 4 is 11.8 Å². The predicted octanol–water partition coefficient (Wildman–Crippen LogP) is 1.25. The van der Waals surface area contributed by atoms with Gasteiger partial charge >= 0.3 is 0 Å². The number of carbonyl (C=O) groups excluding carboxylic acids is 2. The zero-order valence-corrected chi connectivity index (χ0v) is 13.3. The Kier molecular flexibility index (Phi) is 5.62. The summed E-state index contributed by atoms with van der Waals surface area (Å²) in [7, 11) is 1.76. The molecule has 2 atom stereocenters. The summed E-state index contributed by atoms with van der Waals surface area (Å²) in [6.07, 6.45) is 4.92. The lowest BCUT2D eigenvalue weighted by atomic mass is 9.96. The number of likely N-dealkylation sites (N-methyl/N-ethyl adjacent to an activating group) is 1. The van der Waals surface area contributed by atoms with Gasteiger partial charge in [0, 0.05) is 33.1 Å². The van der Waals surface area contributed by atoms with E-state index < -0.39 is 0 Å². The van der Waals surface area contributed by atoms with Crippen LogP contribution in [0.3, 0.4) is 0 Å². The Balaban J connectivity index is 1.84. The van der Waals surface area contributed by atoms with Gasteiger partial charge in [-0.3, -0.25) is 9.59 Å². The van der Waals surface area contributed by atoms with Crippen LogP contribution < -0.4 is 0 Å². The van der Waals surface area contributed by atoms with E-state index in [1.54, 1.807) is 11.9 Å². The van der Waals surface area contributed by atoms with Crippen LogP contribution in [-0.2, 0) is 9.59 Å². The molecule has 120 valence electrons. The fraction of sp³-hybridized carbons (Fsp3) is 0.875. The Bertz CT molecular complexity index is 382. The normalized spacial score (nSPS) is 23.8. The highest BCUT2D eigenvalue weighted by Crippen LogP contribution is 2.33. The highest BCUT2D eigenvalue weighted by molar-refractivity contribution is 5.81. The Morgan fingerprint density at radius 1 is 1.33 bits per heavy atom. The third kappa shape index (κ3) is 4.43. The molecule has 1 aliphatic carbocycles. The highest BCUT2D eigenvalue weighted by atomic mass is 16.3. The number of aliphatic hydroxyl groups is 1. The minimum absolute atomic E-state index is 0.0729. The van der Waals surface area contributed by atoms with Crippen molar-refractivity contribution < 1.29 is 14.7 Å². The Morgan fingerprint density at radius 3 is 2.67 bits per heavy atom. The van der Waals surface area contributed by atoms with E-state index in [-0.39, 0.29) is 23.8 Å². The molecule has 1 N–H and O–H groups in total. The summed E-state index contributed by atoms with van der Waals surface area (Å²) in [4.78, 5) is 27.9. The van der Waals surface area contributed by atoms with Gasteiger partial charge in [0.15, 0.2) is 0 Å². The Hall–Kier alpha value is -1.10. The number of rotatable bonds is 6. The molecule has 2 aliphatic rings. The first-order valence-electron chi connectivity index (χ1n) is 8.23. The first-order chi connectivity index (χ1) is 10.0. The summed E-state index contributed by atoms with van der Waals surface area (Å²) in [5, 5.41) is 9.96. The van der Waals surface area contributed by atoms with Crippen LogP contribution >= 0.6 is 0 Å². The highest BCUT2D eigenvalue weighted by Gasteiger charge is 2.34. The molecule has 1 heterocycles. The maximum Gasteiger partial charge on any atom is 0.227 e. The molecule has 2 fully saturated rings. The van der Waals surface area contributed by atoms with Gasteiger partial charge in [0.05, 0.1) is 12.0 Å². The standard InChI is InChI=1S/C16H28N2O3/c1-3-5-15(20)18-9-4-6-13(10-18)16(21)17(2)11-14(19)12-7-8-12/h12-14,19H,3-11H2,1-2H3. The van der Waals surface area contributed by atoms with E-state index in [0.29, 0.717) is 25.4 Å².